The lowest BCUT2D eigenvalue weighted by Gasteiger charge is -2.20. The molecular weight excluding hydrogens is 480 g/mol. The topological polar surface area (TPSA) is 140 Å². The molecule has 36 heavy (non-hydrogen) atoms. The minimum atomic E-state index is -3.94. The summed E-state index contributed by atoms with van der Waals surface area (Å²) in [6.07, 6.45) is 4.82. The highest BCUT2D eigenvalue weighted by molar-refractivity contribution is 7.89. The van der Waals surface area contributed by atoms with E-state index in [0.717, 1.165) is 41.5 Å². The summed E-state index contributed by atoms with van der Waals surface area (Å²) in [5.74, 6) is -0.492. The summed E-state index contributed by atoms with van der Waals surface area (Å²) in [7, 11) is -3.94. The van der Waals surface area contributed by atoms with Gasteiger partial charge in [-0.05, 0) is 90.3 Å². The summed E-state index contributed by atoms with van der Waals surface area (Å²) in [5, 5.41) is 25.2. The molecule has 4 rings (SSSR count). The summed E-state index contributed by atoms with van der Waals surface area (Å²) < 4.78 is 29.7. The first-order chi connectivity index (χ1) is 16.9. The first kappa shape index (κ1) is 25.8. The third kappa shape index (κ3) is 5.92. The number of aromatic nitrogens is 1. The van der Waals surface area contributed by atoms with E-state index in [9.17, 15) is 23.4 Å². The quantitative estimate of drug-likeness (QED) is 0.401. The Morgan fingerprint density at radius 1 is 1.14 bits per heavy atom. The van der Waals surface area contributed by atoms with E-state index in [4.69, 9.17) is 9.88 Å². The fourth-order valence-corrected chi connectivity index (χ4v) is 5.23. The Hall–Kier alpha value is -3.27. The molecule has 0 fully saturated rings. The van der Waals surface area contributed by atoms with Crippen LogP contribution < -0.4 is 9.88 Å². The van der Waals surface area contributed by atoms with Crippen molar-refractivity contribution in [1.29, 1.82) is 0 Å². The van der Waals surface area contributed by atoms with Crippen molar-refractivity contribution in [1.82, 2.24) is 4.98 Å². The Labute approximate surface area is 210 Å². The van der Waals surface area contributed by atoms with Crippen molar-refractivity contribution < 1.29 is 28.2 Å². The lowest BCUT2D eigenvalue weighted by molar-refractivity contribution is -0.136. The van der Waals surface area contributed by atoms with Crippen LogP contribution in [-0.2, 0) is 46.1 Å². The number of hydrogen-bond donors (Lipinski definition) is 3. The smallest absolute Gasteiger partial charge is 0.307 e. The number of benzene rings is 2. The molecule has 3 aromatic rings. The second-order valence-electron chi connectivity index (χ2n) is 9.60. The van der Waals surface area contributed by atoms with Crippen molar-refractivity contribution in [2.24, 2.45) is 5.14 Å². The van der Waals surface area contributed by atoms with Crippen LogP contribution in [0.2, 0.25) is 0 Å². The Kier molecular flexibility index (Phi) is 7.17. The molecule has 1 aliphatic carbocycles. The van der Waals surface area contributed by atoms with E-state index in [0.29, 0.717) is 23.4 Å². The predicted molar refractivity (Wildman–Crippen MR) is 135 cm³/mol. The van der Waals surface area contributed by atoms with Crippen molar-refractivity contribution in [3.63, 3.8) is 0 Å². The molecule has 8 nitrogen and oxygen atoms in total. The van der Waals surface area contributed by atoms with Crippen molar-refractivity contribution in [2.45, 2.75) is 56.4 Å². The Bertz CT molecular complexity index is 1410. The van der Waals surface area contributed by atoms with Gasteiger partial charge >= 0.3 is 5.97 Å². The molecule has 1 aromatic heterocycles. The zero-order valence-corrected chi connectivity index (χ0v) is 21.1. The molecule has 0 radical (unpaired) electrons. The summed E-state index contributed by atoms with van der Waals surface area (Å²) in [4.78, 5) is 15.8. The molecule has 0 bridgehead atoms. The van der Waals surface area contributed by atoms with Gasteiger partial charge in [-0.1, -0.05) is 18.2 Å². The predicted octanol–water partition coefficient (Wildman–Crippen LogP) is 3.36. The normalized spacial score (nSPS) is 13.4. The molecule has 0 spiro atoms. The Morgan fingerprint density at radius 2 is 1.92 bits per heavy atom. The minimum absolute atomic E-state index is 0.0407. The first-order valence-corrected chi connectivity index (χ1v) is 13.3. The summed E-state index contributed by atoms with van der Waals surface area (Å²) in [6, 6.07) is 12.2. The van der Waals surface area contributed by atoms with Crippen LogP contribution in [0.3, 0.4) is 0 Å². The fraction of sp³-hybridized carbons (Fsp3) is 0.333. The van der Waals surface area contributed by atoms with Gasteiger partial charge in [-0.25, -0.2) is 18.5 Å². The van der Waals surface area contributed by atoms with Crippen LogP contribution in [-0.4, -0.2) is 36.2 Å². The number of carbonyl (C=O) groups is 1. The van der Waals surface area contributed by atoms with E-state index in [-0.39, 0.29) is 17.9 Å². The molecule has 0 saturated heterocycles. The van der Waals surface area contributed by atoms with E-state index in [1.54, 1.807) is 32.2 Å². The summed E-state index contributed by atoms with van der Waals surface area (Å²) in [5.41, 5.74) is 4.72. The largest absolute Gasteiger partial charge is 0.481 e. The molecule has 0 unspecified atom stereocenters. The van der Waals surface area contributed by atoms with Gasteiger partial charge in [0.25, 0.3) is 0 Å². The van der Waals surface area contributed by atoms with Crippen LogP contribution >= 0.6 is 0 Å². The molecule has 0 saturated carbocycles. The molecule has 1 heterocycles. The second-order valence-corrected chi connectivity index (χ2v) is 11.2. The maximum atomic E-state index is 11.9. The van der Waals surface area contributed by atoms with Crippen molar-refractivity contribution in [3.05, 3.63) is 76.5 Å². The molecule has 190 valence electrons. The van der Waals surface area contributed by atoms with E-state index >= 15 is 0 Å². The number of rotatable bonds is 9. The Balaban J connectivity index is 1.55. The van der Waals surface area contributed by atoms with Gasteiger partial charge in [0.2, 0.25) is 15.9 Å². The number of aliphatic carboxylic acids is 1. The summed E-state index contributed by atoms with van der Waals surface area (Å²) >= 11 is 0. The van der Waals surface area contributed by atoms with E-state index in [1.165, 1.54) is 17.7 Å². The van der Waals surface area contributed by atoms with Gasteiger partial charge in [-0.2, -0.15) is 0 Å². The van der Waals surface area contributed by atoms with Crippen LogP contribution in [0.5, 0.6) is 5.88 Å². The van der Waals surface area contributed by atoms with E-state index < -0.39 is 21.6 Å². The van der Waals surface area contributed by atoms with Crippen LogP contribution in [0.4, 0.5) is 0 Å². The van der Waals surface area contributed by atoms with Gasteiger partial charge in [-0.3, -0.25) is 4.79 Å². The summed E-state index contributed by atoms with van der Waals surface area (Å²) in [6.45, 7) is 3.35. The monoisotopic (exact) mass is 510 g/mol. The maximum absolute atomic E-state index is 11.9. The van der Waals surface area contributed by atoms with Crippen LogP contribution in [0.25, 0.3) is 11.1 Å². The Morgan fingerprint density at radius 3 is 2.61 bits per heavy atom. The van der Waals surface area contributed by atoms with Crippen molar-refractivity contribution >= 4 is 16.0 Å². The SMILES string of the molecule is CC(C)(O)c1cc(CCOc2cc(-c3ccc4c(c3CC(=O)O)CCC4)ccn2)cc(S(N)(=O)=O)c1. The molecule has 9 heteroatoms. The number of ether oxygens (including phenoxy) is 1. The average molecular weight is 511 g/mol. The minimum Gasteiger partial charge on any atom is -0.481 e. The molecule has 0 aliphatic heterocycles. The number of primary sulfonamides is 1. The fourth-order valence-electron chi connectivity index (χ4n) is 4.62. The first-order valence-electron chi connectivity index (χ1n) is 11.8. The van der Waals surface area contributed by atoms with Crippen LogP contribution in [0, 0.1) is 0 Å². The number of carboxylic acids is 1. The van der Waals surface area contributed by atoms with Crippen molar-refractivity contribution in [3.8, 4) is 17.0 Å². The average Bonchev–Trinajstić information content (AvgIpc) is 3.27. The van der Waals surface area contributed by atoms with Crippen LogP contribution in [0.15, 0.2) is 53.6 Å². The number of fused-ring (bicyclic) bond motifs is 1. The van der Waals surface area contributed by atoms with Crippen molar-refractivity contribution in [2.75, 3.05) is 6.61 Å². The third-order valence-corrected chi connectivity index (χ3v) is 7.31. The standard InChI is InChI=1S/C27H30N2O6S/c1-27(2,32)20-12-17(13-21(15-20)36(28,33)34)9-11-35-25-14-19(8-10-29-25)23-7-6-18-4-3-5-22(18)24(23)16-26(30)31/h6-8,10,12-15,32H,3-5,9,11,16H2,1-2H3,(H,30,31)(H2,28,33,34). The van der Waals surface area contributed by atoms with Gasteiger partial charge in [-0.15, -0.1) is 0 Å². The number of sulfonamides is 1. The molecule has 0 atom stereocenters. The third-order valence-electron chi connectivity index (χ3n) is 6.42. The number of nitrogens with zero attached hydrogens (tertiary/aromatic N) is 1. The van der Waals surface area contributed by atoms with E-state index in [1.807, 2.05) is 12.1 Å². The number of pyridine rings is 1. The molecular formula is C27H30N2O6S. The highest BCUT2D eigenvalue weighted by Gasteiger charge is 2.22. The van der Waals surface area contributed by atoms with Crippen LogP contribution in [0.1, 0.15) is 48.1 Å². The highest BCUT2D eigenvalue weighted by atomic mass is 32.2. The number of aliphatic hydroxyl groups is 1. The van der Waals surface area contributed by atoms with E-state index in [2.05, 4.69) is 11.1 Å². The number of carboxylic acid groups (broad SMARTS) is 1. The second kappa shape index (κ2) is 10.0. The van der Waals surface area contributed by atoms with Gasteiger partial charge in [0.15, 0.2) is 0 Å². The van der Waals surface area contributed by atoms with Gasteiger partial charge in [0.1, 0.15) is 0 Å². The molecule has 1 aliphatic rings. The number of nitrogens with two attached hydrogens (primary N) is 1. The number of aryl methyl sites for hydroxylation is 1. The zero-order valence-electron chi connectivity index (χ0n) is 20.3. The zero-order chi connectivity index (χ0) is 26.1. The lowest BCUT2D eigenvalue weighted by atomic mass is 9.91. The van der Waals surface area contributed by atoms with Gasteiger partial charge in [0, 0.05) is 18.7 Å². The maximum Gasteiger partial charge on any atom is 0.307 e. The highest BCUT2D eigenvalue weighted by Crippen LogP contribution is 2.34. The van der Waals surface area contributed by atoms with Gasteiger partial charge < -0.3 is 14.9 Å². The lowest BCUT2D eigenvalue weighted by Crippen LogP contribution is -2.19. The molecule has 2 aromatic carbocycles. The molecule has 0 amide bonds. The number of hydrogen-bond acceptors (Lipinski definition) is 6. The van der Waals surface area contributed by atoms with Gasteiger partial charge in [0.05, 0.1) is 23.5 Å². The molecule has 4 N–H and O–H groups in total.